The van der Waals surface area contributed by atoms with E-state index in [1.54, 1.807) is 11.8 Å². The van der Waals surface area contributed by atoms with Crippen LogP contribution in [0, 0.1) is 0 Å². The van der Waals surface area contributed by atoms with Gasteiger partial charge in [0.15, 0.2) is 0 Å². The average molecular weight is 391 g/mol. The number of fused-ring (bicyclic) bond motifs is 1. The fourth-order valence-corrected chi connectivity index (χ4v) is 4.94. The molecular formula is C20H23ClN2O2S. The molecule has 0 bridgehead atoms. The number of hydrogen-bond donors (Lipinski definition) is 0. The third-order valence-electron chi connectivity index (χ3n) is 5.15. The van der Waals surface area contributed by atoms with Gasteiger partial charge in [-0.2, -0.15) is 4.98 Å². The van der Waals surface area contributed by atoms with Crippen molar-refractivity contribution in [2.45, 2.75) is 62.0 Å². The Labute approximate surface area is 162 Å². The van der Waals surface area contributed by atoms with Crippen molar-refractivity contribution in [3.05, 3.63) is 56.6 Å². The minimum absolute atomic E-state index is 0.125. The highest BCUT2D eigenvalue weighted by atomic mass is 35.5. The van der Waals surface area contributed by atoms with E-state index in [9.17, 15) is 4.79 Å². The maximum atomic E-state index is 12.7. The van der Waals surface area contributed by atoms with Crippen LogP contribution in [0.4, 0.5) is 0 Å². The maximum absolute atomic E-state index is 12.7. The molecule has 1 aromatic heterocycles. The lowest BCUT2D eigenvalue weighted by Crippen LogP contribution is -2.33. The molecule has 2 heterocycles. The summed E-state index contributed by atoms with van der Waals surface area (Å²) >= 11 is 7.62. The van der Waals surface area contributed by atoms with E-state index in [1.807, 2.05) is 28.8 Å². The quantitative estimate of drug-likeness (QED) is 0.565. The predicted octanol–water partition coefficient (Wildman–Crippen LogP) is 4.25. The third kappa shape index (κ3) is 4.00. The molecule has 1 aliphatic heterocycles. The zero-order chi connectivity index (χ0) is 17.9. The van der Waals surface area contributed by atoms with Crippen molar-refractivity contribution in [1.29, 1.82) is 0 Å². The molecule has 1 unspecified atom stereocenters. The molecule has 26 heavy (non-hydrogen) atoms. The smallest absolute Gasteiger partial charge is 0.348 e. The molecule has 4 nitrogen and oxygen atoms in total. The van der Waals surface area contributed by atoms with Crippen molar-refractivity contribution < 1.29 is 4.74 Å². The summed E-state index contributed by atoms with van der Waals surface area (Å²) in [5.41, 5.74) is 3.52. The first-order valence-corrected chi connectivity index (χ1v) is 10.7. The fourth-order valence-electron chi connectivity index (χ4n) is 3.78. The number of benzene rings is 1. The Hall–Kier alpha value is -1.30. The van der Waals surface area contributed by atoms with Gasteiger partial charge in [0.1, 0.15) is 5.03 Å². The van der Waals surface area contributed by atoms with Crippen LogP contribution in [0.25, 0.3) is 0 Å². The van der Waals surface area contributed by atoms with Crippen LogP contribution >= 0.6 is 23.4 Å². The van der Waals surface area contributed by atoms with Gasteiger partial charge < -0.3 is 4.74 Å². The Kier molecular flexibility index (Phi) is 5.67. The van der Waals surface area contributed by atoms with E-state index >= 15 is 0 Å². The van der Waals surface area contributed by atoms with Gasteiger partial charge in [-0.25, -0.2) is 4.79 Å². The molecule has 2 aliphatic rings. The van der Waals surface area contributed by atoms with Crippen LogP contribution in [0.5, 0.6) is 0 Å². The Morgan fingerprint density at radius 3 is 2.77 bits per heavy atom. The van der Waals surface area contributed by atoms with Crippen LogP contribution in [0.15, 0.2) is 34.1 Å². The van der Waals surface area contributed by atoms with E-state index in [0.717, 1.165) is 54.5 Å². The van der Waals surface area contributed by atoms with Crippen LogP contribution in [0.3, 0.4) is 0 Å². The zero-order valence-electron chi connectivity index (χ0n) is 14.7. The number of halogens is 1. The second-order valence-corrected chi connectivity index (χ2v) is 8.39. The van der Waals surface area contributed by atoms with Crippen molar-refractivity contribution in [3.63, 3.8) is 0 Å². The summed E-state index contributed by atoms with van der Waals surface area (Å²) in [5.74, 6) is 0.797. The number of rotatable bonds is 5. The molecule has 0 saturated carbocycles. The highest BCUT2D eigenvalue weighted by molar-refractivity contribution is 7.98. The van der Waals surface area contributed by atoms with Crippen LogP contribution in [0.2, 0.25) is 5.02 Å². The van der Waals surface area contributed by atoms with Crippen molar-refractivity contribution in [2.75, 3.05) is 6.61 Å². The Morgan fingerprint density at radius 2 is 2.00 bits per heavy atom. The fraction of sp³-hybridized carbons (Fsp3) is 0.500. The molecule has 1 fully saturated rings. The summed E-state index contributed by atoms with van der Waals surface area (Å²) in [7, 11) is 0. The van der Waals surface area contributed by atoms with Gasteiger partial charge in [-0.1, -0.05) is 23.7 Å². The van der Waals surface area contributed by atoms with E-state index in [2.05, 4.69) is 4.98 Å². The highest BCUT2D eigenvalue weighted by Gasteiger charge is 2.24. The van der Waals surface area contributed by atoms with E-state index in [0.29, 0.717) is 6.54 Å². The standard InChI is InChI=1S/C20H23ClN2O2S/c21-15-9-7-14(8-10-15)13-26-19-17-5-1-2-6-18(17)23(20(24)22-19)12-16-4-3-11-25-16/h7-10,16H,1-6,11-13H2. The first-order valence-electron chi connectivity index (χ1n) is 9.32. The lowest BCUT2D eigenvalue weighted by atomic mass is 9.97. The van der Waals surface area contributed by atoms with Gasteiger partial charge in [-0.3, -0.25) is 4.57 Å². The van der Waals surface area contributed by atoms with Crippen LogP contribution in [-0.2, 0) is 29.9 Å². The molecule has 1 saturated heterocycles. The van der Waals surface area contributed by atoms with Gasteiger partial charge in [-0.05, 0) is 56.2 Å². The summed E-state index contributed by atoms with van der Waals surface area (Å²) < 4.78 is 7.63. The van der Waals surface area contributed by atoms with E-state index in [4.69, 9.17) is 16.3 Å². The second kappa shape index (κ2) is 8.15. The topological polar surface area (TPSA) is 44.1 Å². The van der Waals surface area contributed by atoms with Gasteiger partial charge in [-0.15, -0.1) is 11.8 Å². The van der Waals surface area contributed by atoms with Crippen LogP contribution < -0.4 is 5.69 Å². The summed E-state index contributed by atoms with van der Waals surface area (Å²) in [6, 6.07) is 7.86. The first-order chi connectivity index (χ1) is 12.7. The molecule has 0 spiro atoms. The molecule has 1 aromatic carbocycles. The molecule has 138 valence electrons. The molecular weight excluding hydrogens is 368 g/mol. The maximum Gasteiger partial charge on any atom is 0.348 e. The van der Waals surface area contributed by atoms with Gasteiger partial charge >= 0.3 is 5.69 Å². The van der Waals surface area contributed by atoms with Gasteiger partial charge in [0.05, 0.1) is 12.6 Å². The molecule has 2 aromatic rings. The highest BCUT2D eigenvalue weighted by Crippen LogP contribution is 2.31. The molecule has 6 heteroatoms. The van der Waals surface area contributed by atoms with Gasteiger partial charge in [0.25, 0.3) is 0 Å². The minimum Gasteiger partial charge on any atom is -0.376 e. The minimum atomic E-state index is -0.125. The van der Waals surface area contributed by atoms with Crippen molar-refractivity contribution in [2.24, 2.45) is 0 Å². The lowest BCUT2D eigenvalue weighted by Gasteiger charge is -2.24. The van der Waals surface area contributed by atoms with Crippen LogP contribution in [0.1, 0.15) is 42.5 Å². The number of ether oxygens (including phenoxy) is 1. The zero-order valence-corrected chi connectivity index (χ0v) is 16.3. The summed E-state index contributed by atoms with van der Waals surface area (Å²) in [5, 5.41) is 1.65. The Morgan fingerprint density at radius 1 is 1.19 bits per heavy atom. The number of nitrogens with zero attached hydrogens (tertiary/aromatic N) is 2. The molecule has 0 N–H and O–H groups in total. The van der Waals surface area contributed by atoms with E-state index in [-0.39, 0.29) is 11.8 Å². The lowest BCUT2D eigenvalue weighted by molar-refractivity contribution is 0.0947. The predicted molar refractivity (Wildman–Crippen MR) is 105 cm³/mol. The first kappa shape index (κ1) is 18.1. The molecule has 1 atom stereocenters. The molecule has 0 radical (unpaired) electrons. The summed E-state index contributed by atoms with van der Waals surface area (Å²) in [6.07, 6.45) is 6.57. The molecule has 1 aliphatic carbocycles. The SMILES string of the molecule is O=c1nc(SCc2ccc(Cl)cc2)c2c(n1CC1CCCO1)CCCC2. The average Bonchev–Trinajstić information content (AvgIpc) is 3.17. The number of thioether (sulfide) groups is 1. The third-order valence-corrected chi connectivity index (χ3v) is 6.49. The Balaban J connectivity index is 1.59. The summed E-state index contributed by atoms with van der Waals surface area (Å²) in [4.78, 5) is 17.2. The van der Waals surface area contributed by atoms with Crippen molar-refractivity contribution >= 4 is 23.4 Å². The van der Waals surface area contributed by atoms with Gasteiger partial charge in [0.2, 0.25) is 0 Å². The molecule has 4 rings (SSSR count). The monoisotopic (exact) mass is 390 g/mol. The van der Waals surface area contributed by atoms with Crippen LogP contribution in [-0.4, -0.2) is 22.3 Å². The van der Waals surface area contributed by atoms with Crippen molar-refractivity contribution in [1.82, 2.24) is 9.55 Å². The number of aromatic nitrogens is 2. The number of hydrogen-bond acceptors (Lipinski definition) is 4. The normalized spacial score (nSPS) is 19.5. The summed E-state index contributed by atoms with van der Waals surface area (Å²) in [6.45, 7) is 1.46. The van der Waals surface area contributed by atoms with Crippen molar-refractivity contribution in [3.8, 4) is 0 Å². The van der Waals surface area contributed by atoms with Gasteiger partial charge in [0, 0.05) is 28.6 Å². The second-order valence-electron chi connectivity index (χ2n) is 6.99. The largest absolute Gasteiger partial charge is 0.376 e. The molecule has 0 amide bonds. The van der Waals surface area contributed by atoms with E-state index in [1.165, 1.54) is 23.2 Å². The Bertz CT molecular complexity index is 829. The van der Waals surface area contributed by atoms with E-state index < -0.39 is 0 Å².